The molecule has 0 spiro atoms. The first-order valence-electron chi connectivity index (χ1n) is 7.70. The summed E-state index contributed by atoms with van der Waals surface area (Å²) in [5.41, 5.74) is 1.98. The summed E-state index contributed by atoms with van der Waals surface area (Å²) < 4.78 is 7.09. The number of pyridine rings is 1. The van der Waals surface area contributed by atoms with Crippen LogP contribution in [0.2, 0.25) is 0 Å². The monoisotopic (exact) mass is 311 g/mol. The lowest BCUT2D eigenvalue weighted by Crippen LogP contribution is -2.32. The fraction of sp³-hybridized carbons (Fsp3) is 0.375. The van der Waals surface area contributed by atoms with Gasteiger partial charge in [-0.1, -0.05) is 11.2 Å². The van der Waals surface area contributed by atoms with Crippen molar-refractivity contribution in [3.63, 3.8) is 0 Å². The van der Waals surface area contributed by atoms with Gasteiger partial charge in [0.15, 0.2) is 11.5 Å². The van der Waals surface area contributed by atoms with Crippen LogP contribution < -0.4 is 0 Å². The molecule has 1 amide bonds. The van der Waals surface area contributed by atoms with Crippen molar-refractivity contribution < 1.29 is 9.32 Å². The van der Waals surface area contributed by atoms with Gasteiger partial charge in [-0.15, -0.1) is 10.2 Å². The lowest BCUT2D eigenvalue weighted by Gasteiger charge is -2.23. The molecular weight excluding hydrogens is 294 g/mol. The topological polar surface area (TPSA) is 76.5 Å². The lowest BCUT2D eigenvalue weighted by molar-refractivity contribution is 0.0727. The molecular formula is C16H17N5O2. The van der Waals surface area contributed by atoms with Crippen LogP contribution in [0.1, 0.15) is 46.5 Å². The number of aromatic nitrogens is 4. The zero-order valence-electron chi connectivity index (χ0n) is 13.1. The summed E-state index contributed by atoms with van der Waals surface area (Å²) in [5, 5.41) is 12.4. The predicted molar refractivity (Wildman–Crippen MR) is 82.0 cm³/mol. The Hall–Kier alpha value is -2.70. The molecule has 1 atom stereocenters. The van der Waals surface area contributed by atoms with E-state index in [2.05, 4.69) is 15.4 Å². The van der Waals surface area contributed by atoms with E-state index in [0.717, 1.165) is 24.3 Å². The predicted octanol–water partition coefficient (Wildman–Crippen LogP) is 2.31. The number of amides is 1. The van der Waals surface area contributed by atoms with Crippen molar-refractivity contribution in [2.24, 2.45) is 0 Å². The van der Waals surface area contributed by atoms with Gasteiger partial charge in [0, 0.05) is 12.7 Å². The fourth-order valence-electron chi connectivity index (χ4n) is 3.30. The maximum absolute atomic E-state index is 13.0. The molecule has 7 heteroatoms. The SMILES string of the molecule is Cc1noc(C)c1C(=O)N1CCC[C@H]1c1nnc2ccccn12. The maximum atomic E-state index is 13.0. The van der Waals surface area contributed by atoms with Gasteiger partial charge < -0.3 is 9.42 Å². The minimum absolute atomic E-state index is 0.0450. The molecule has 118 valence electrons. The first-order valence-corrected chi connectivity index (χ1v) is 7.70. The van der Waals surface area contributed by atoms with Crippen LogP contribution in [0.5, 0.6) is 0 Å². The molecule has 0 radical (unpaired) electrons. The van der Waals surface area contributed by atoms with E-state index >= 15 is 0 Å². The molecule has 4 heterocycles. The molecule has 23 heavy (non-hydrogen) atoms. The number of hydrogen-bond donors (Lipinski definition) is 0. The second-order valence-electron chi connectivity index (χ2n) is 5.84. The van der Waals surface area contributed by atoms with Crippen molar-refractivity contribution in [1.82, 2.24) is 24.7 Å². The minimum atomic E-state index is -0.0754. The number of aryl methyl sites for hydroxylation is 2. The number of carbonyl (C=O) groups is 1. The molecule has 1 aliphatic heterocycles. The van der Waals surface area contributed by atoms with Gasteiger partial charge in [-0.25, -0.2) is 0 Å². The van der Waals surface area contributed by atoms with E-state index in [1.54, 1.807) is 13.8 Å². The molecule has 3 aromatic heterocycles. The Balaban J connectivity index is 1.73. The molecule has 3 aromatic rings. The lowest BCUT2D eigenvalue weighted by atomic mass is 10.1. The Bertz CT molecular complexity index is 862. The van der Waals surface area contributed by atoms with Gasteiger partial charge in [-0.3, -0.25) is 9.20 Å². The van der Waals surface area contributed by atoms with E-state index < -0.39 is 0 Å². The van der Waals surface area contributed by atoms with Gasteiger partial charge in [0.2, 0.25) is 0 Å². The number of rotatable bonds is 2. The number of likely N-dealkylation sites (tertiary alicyclic amines) is 1. The summed E-state index contributed by atoms with van der Waals surface area (Å²) in [5.74, 6) is 1.32. The van der Waals surface area contributed by atoms with Crippen molar-refractivity contribution in [1.29, 1.82) is 0 Å². The number of hydrogen-bond acceptors (Lipinski definition) is 5. The Morgan fingerprint density at radius 1 is 1.30 bits per heavy atom. The van der Waals surface area contributed by atoms with Gasteiger partial charge in [-0.2, -0.15) is 0 Å². The molecule has 1 fully saturated rings. The van der Waals surface area contributed by atoms with E-state index in [4.69, 9.17) is 4.52 Å². The van der Waals surface area contributed by atoms with Crippen LogP contribution in [-0.2, 0) is 0 Å². The quantitative estimate of drug-likeness (QED) is 0.726. The molecule has 1 saturated heterocycles. The van der Waals surface area contributed by atoms with Crippen LogP contribution in [0.25, 0.3) is 5.65 Å². The van der Waals surface area contributed by atoms with E-state index in [-0.39, 0.29) is 11.9 Å². The summed E-state index contributed by atoms with van der Waals surface area (Å²) >= 11 is 0. The molecule has 7 nitrogen and oxygen atoms in total. The normalized spacial score (nSPS) is 18.0. The van der Waals surface area contributed by atoms with Gasteiger partial charge in [0.1, 0.15) is 11.3 Å². The van der Waals surface area contributed by atoms with Crippen LogP contribution in [0.4, 0.5) is 0 Å². The summed E-state index contributed by atoms with van der Waals surface area (Å²) in [6.07, 6.45) is 3.76. The minimum Gasteiger partial charge on any atom is -0.361 e. The van der Waals surface area contributed by atoms with E-state index in [0.29, 0.717) is 23.6 Å². The van der Waals surface area contributed by atoms with Gasteiger partial charge in [0.25, 0.3) is 5.91 Å². The smallest absolute Gasteiger partial charge is 0.259 e. The molecule has 0 saturated carbocycles. The molecule has 0 aromatic carbocycles. The zero-order chi connectivity index (χ0) is 16.0. The number of nitrogens with zero attached hydrogens (tertiary/aromatic N) is 5. The van der Waals surface area contributed by atoms with Crippen molar-refractivity contribution in [3.8, 4) is 0 Å². The molecule has 0 aliphatic carbocycles. The average Bonchev–Trinajstić information content (AvgIpc) is 3.25. The number of fused-ring (bicyclic) bond motifs is 1. The third-order valence-corrected chi connectivity index (χ3v) is 4.40. The summed E-state index contributed by atoms with van der Waals surface area (Å²) in [7, 11) is 0. The first-order chi connectivity index (χ1) is 11.2. The molecule has 4 rings (SSSR count). The van der Waals surface area contributed by atoms with Gasteiger partial charge in [-0.05, 0) is 38.8 Å². The zero-order valence-corrected chi connectivity index (χ0v) is 13.1. The maximum Gasteiger partial charge on any atom is 0.259 e. The van der Waals surface area contributed by atoms with E-state index in [1.807, 2.05) is 33.7 Å². The second-order valence-corrected chi connectivity index (χ2v) is 5.84. The Morgan fingerprint density at radius 2 is 2.17 bits per heavy atom. The van der Waals surface area contributed by atoms with E-state index in [1.165, 1.54) is 0 Å². The summed E-state index contributed by atoms with van der Waals surface area (Å²) in [4.78, 5) is 14.8. The van der Waals surface area contributed by atoms with Crippen LogP contribution in [-0.4, -0.2) is 37.1 Å². The van der Waals surface area contributed by atoms with E-state index in [9.17, 15) is 4.79 Å². The molecule has 0 N–H and O–H groups in total. The van der Waals surface area contributed by atoms with Gasteiger partial charge in [0.05, 0.1) is 11.7 Å². The number of carbonyl (C=O) groups excluding carboxylic acids is 1. The van der Waals surface area contributed by atoms with Crippen molar-refractivity contribution in [2.75, 3.05) is 6.54 Å². The summed E-state index contributed by atoms with van der Waals surface area (Å²) in [6.45, 7) is 4.27. The first kappa shape index (κ1) is 13.9. The largest absolute Gasteiger partial charge is 0.361 e. The van der Waals surface area contributed by atoms with Crippen LogP contribution in [0.15, 0.2) is 28.9 Å². The van der Waals surface area contributed by atoms with Crippen LogP contribution in [0, 0.1) is 13.8 Å². The van der Waals surface area contributed by atoms with Gasteiger partial charge >= 0.3 is 0 Å². The Morgan fingerprint density at radius 3 is 2.96 bits per heavy atom. The molecule has 1 aliphatic rings. The highest BCUT2D eigenvalue weighted by atomic mass is 16.5. The highest BCUT2D eigenvalue weighted by Gasteiger charge is 2.35. The third kappa shape index (κ3) is 2.11. The van der Waals surface area contributed by atoms with Crippen molar-refractivity contribution in [3.05, 3.63) is 47.2 Å². The summed E-state index contributed by atoms with van der Waals surface area (Å²) in [6, 6.07) is 5.70. The second kappa shape index (κ2) is 5.19. The highest BCUT2D eigenvalue weighted by molar-refractivity contribution is 5.96. The molecule has 0 unspecified atom stereocenters. The van der Waals surface area contributed by atoms with Crippen LogP contribution >= 0.6 is 0 Å². The fourth-order valence-corrected chi connectivity index (χ4v) is 3.30. The van der Waals surface area contributed by atoms with Crippen molar-refractivity contribution >= 4 is 11.6 Å². The van der Waals surface area contributed by atoms with Crippen molar-refractivity contribution in [2.45, 2.75) is 32.7 Å². The standard InChI is InChI=1S/C16H17N5O2/c1-10-14(11(2)23-19-10)16(22)20-9-5-6-12(20)15-18-17-13-7-3-4-8-21(13)15/h3-4,7-8,12H,5-6,9H2,1-2H3/t12-/m0/s1. The Labute approximate surface area is 132 Å². The third-order valence-electron chi connectivity index (χ3n) is 4.40. The Kier molecular flexibility index (Phi) is 3.14. The molecule has 0 bridgehead atoms. The average molecular weight is 311 g/mol. The highest BCUT2D eigenvalue weighted by Crippen LogP contribution is 2.33. The van der Waals surface area contributed by atoms with Crippen LogP contribution in [0.3, 0.4) is 0 Å².